The lowest BCUT2D eigenvalue weighted by molar-refractivity contribution is 0.963. The average Bonchev–Trinajstić information content (AvgIpc) is 2.72. The van der Waals surface area contributed by atoms with Gasteiger partial charge in [0.25, 0.3) is 0 Å². The minimum atomic E-state index is -0.0352. The van der Waals surface area contributed by atoms with Crippen molar-refractivity contribution in [2.75, 3.05) is 0 Å². The molecule has 4 heteroatoms. The number of aromatic nitrogens is 3. The van der Waals surface area contributed by atoms with Crippen molar-refractivity contribution in [2.45, 2.75) is 6.92 Å². The van der Waals surface area contributed by atoms with Gasteiger partial charge in [-0.3, -0.25) is 9.89 Å². The van der Waals surface area contributed by atoms with Gasteiger partial charge in [-0.15, -0.1) is 0 Å². The lowest BCUT2D eigenvalue weighted by atomic mass is 10.1. The smallest absolute Gasteiger partial charge is 0.183 e. The third-order valence-corrected chi connectivity index (χ3v) is 2.68. The molecule has 0 bridgehead atoms. The molecule has 3 rings (SSSR count). The second-order valence-corrected chi connectivity index (χ2v) is 4.03. The third-order valence-electron chi connectivity index (χ3n) is 2.68. The van der Waals surface area contributed by atoms with E-state index in [1.54, 1.807) is 10.7 Å². The first-order chi connectivity index (χ1) is 8.22. The van der Waals surface area contributed by atoms with E-state index in [0.717, 1.165) is 11.4 Å². The molecule has 0 aliphatic carbocycles. The van der Waals surface area contributed by atoms with E-state index < -0.39 is 0 Å². The van der Waals surface area contributed by atoms with Gasteiger partial charge in [0.1, 0.15) is 0 Å². The van der Waals surface area contributed by atoms with Crippen molar-refractivity contribution in [3.8, 4) is 11.4 Å². The van der Waals surface area contributed by atoms with E-state index in [1.807, 2.05) is 31.2 Å². The molecule has 1 N–H and O–H groups in total. The first-order valence-corrected chi connectivity index (χ1v) is 5.38. The third kappa shape index (κ3) is 1.73. The number of pyridine rings is 1. The van der Waals surface area contributed by atoms with E-state index in [9.17, 15) is 4.79 Å². The normalized spacial score (nSPS) is 10.9. The number of aromatic amines is 1. The standard InChI is InChI=1S/C13H11N3O/c1-9-2-4-10(5-3-9)13-14-12-8-11(17)6-7-16(12)15-13/h2-8H,1H3,(H,14,15). The van der Waals surface area contributed by atoms with Crippen molar-refractivity contribution in [1.82, 2.24) is 14.6 Å². The van der Waals surface area contributed by atoms with Crippen molar-refractivity contribution in [3.63, 3.8) is 0 Å². The van der Waals surface area contributed by atoms with E-state index in [2.05, 4.69) is 10.1 Å². The molecule has 17 heavy (non-hydrogen) atoms. The van der Waals surface area contributed by atoms with Gasteiger partial charge in [0.2, 0.25) is 0 Å². The lowest BCUT2D eigenvalue weighted by Crippen LogP contribution is -1.98. The Hall–Kier alpha value is -2.36. The highest BCUT2D eigenvalue weighted by Gasteiger charge is 2.03. The summed E-state index contributed by atoms with van der Waals surface area (Å²) in [6.07, 6.45) is 1.68. The number of fused-ring (bicyclic) bond motifs is 1. The Kier molecular flexibility index (Phi) is 2.08. The molecular weight excluding hydrogens is 214 g/mol. The molecule has 84 valence electrons. The van der Waals surface area contributed by atoms with Gasteiger partial charge in [-0.1, -0.05) is 29.8 Å². The predicted octanol–water partition coefficient (Wildman–Crippen LogP) is 2.00. The fraction of sp³-hybridized carbons (Fsp3) is 0.0769. The molecule has 0 radical (unpaired) electrons. The molecular formula is C13H11N3O. The highest BCUT2D eigenvalue weighted by molar-refractivity contribution is 5.58. The molecule has 0 aliphatic heterocycles. The molecule has 1 aromatic carbocycles. The summed E-state index contributed by atoms with van der Waals surface area (Å²) in [6, 6.07) is 11.1. The number of nitrogens with one attached hydrogen (secondary N) is 1. The molecule has 0 spiro atoms. The number of H-pyrrole nitrogens is 1. The number of aryl methyl sites for hydroxylation is 1. The minimum Gasteiger partial charge on any atom is -0.290 e. The zero-order valence-electron chi connectivity index (χ0n) is 9.34. The molecule has 2 heterocycles. The van der Waals surface area contributed by atoms with E-state index in [-0.39, 0.29) is 5.43 Å². The maximum absolute atomic E-state index is 11.2. The quantitative estimate of drug-likeness (QED) is 0.688. The Morgan fingerprint density at radius 2 is 1.94 bits per heavy atom. The van der Waals surface area contributed by atoms with Gasteiger partial charge < -0.3 is 0 Å². The maximum Gasteiger partial charge on any atom is 0.183 e. The Labute approximate surface area is 97.5 Å². The van der Waals surface area contributed by atoms with Crippen molar-refractivity contribution < 1.29 is 0 Å². The van der Waals surface area contributed by atoms with E-state index in [0.29, 0.717) is 5.65 Å². The summed E-state index contributed by atoms with van der Waals surface area (Å²) in [5, 5.41) is 3.13. The van der Waals surface area contributed by atoms with Crippen molar-refractivity contribution >= 4 is 5.65 Å². The van der Waals surface area contributed by atoms with Crippen LogP contribution in [-0.2, 0) is 0 Å². The molecule has 0 saturated heterocycles. The van der Waals surface area contributed by atoms with E-state index in [4.69, 9.17) is 0 Å². The Balaban J connectivity index is 2.17. The van der Waals surface area contributed by atoms with Crippen LogP contribution in [0.1, 0.15) is 5.56 Å². The molecule has 3 aromatic rings. The minimum absolute atomic E-state index is 0.0352. The zero-order valence-corrected chi connectivity index (χ0v) is 9.34. The van der Waals surface area contributed by atoms with Crippen LogP contribution in [0, 0.1) is 6.92 Å². The molecule has 0 atom stereocenters. The SMILES string of the molecule is Cc1ccc(-c2nc3cc(=O)ccn3[nH]2)cc1. The first kappa shape index (κ1) is 9.84. The number of hydrogen-bond donors (Lipinski definition) is 1. The van der Waals surface area contributed by atoms with Gasteiger partial charge in [0.15, 0.2) is 16.9 Å². The Morgan fingerprint density at radius 3 is 2.71 bits per heavy atom. The monoisotopic (exact) mass is 225 g/mol. The van der Waals surface area contributed by atoms with Gasteiger partial charge in [0, 0.05) is 23.9 Å². The number of hydrogen-bond acceptors (Lipinski definition) is 2. The van der Waals surface area contributed by atoms with Crippen LogP contribution in [0.25, 0.3) is 17.0 Å². The number of benzene rings is 1. The van der Waals surface area contributed by atoms with Gasteiger partial charge in [-0.2, -0.15) is 0 Å². The van der Waals surface area contributed by atoms with Crippen LogP contribution < -0.4 is 5.43 Å². The summed E-state index contributed by atoms with van der Waals surface area (Å²) < 4.78 is 1.73. The largest absolute Gasteiger partial charge is 0.290 e. The Morgan fingerprint density at radius 1 is 1.18 bits per heavy atom. The van der Waals surface area contributed by atoms with Crippen LogP contribution in [0.3, 0.4) is 0 Å². The summed E-state index contributed by atoms with van der Waals surface area (Å²) in [5.41, 5.74) is 2.81. The zero-order chi connectivity index (χ0) is 11.8. The molecule has 0 saturated carbocycles. The van der Waals surface area contributed by atoms with Crippen molar-refractivity contribution in [1.29, 1.82) is 0 Å². The molecule has 0 amide bonds. The maximum atomic E-state index is 11.2. The summed E-state index contributed by atoms with van der Waals surface area (Å²) in [7, 11) is 0. The fourth-order valence-corrected chi connectivity index (χ4v) is 1.74. The molecule has 0 aliphatic rings. The number of rotatable bonds is 1. The summed E-state index contributed by atoms with van der Waals surface area (Å²) in [5.74, 6) is 0.760. The molecule has 2 aromatic heterocycles. The van der Waals surface area contributed by atoms with Crippen LogP contribution in [-0.4, -0.2) is 14.6 Å². The molecule has 0 fully saturated rings. The average molecular weight is 225 g/mol. The molecule has 4 nitrogen and oxygen atoms in total. The van der Waals surface area contributed by atoms with Crippen LogP contribution >= 0.6 is 0 Å². The van der Waals surface area contributed by atoms with E-state index in [1.165, 1.54) is 17.7 Å². The van der Waals surface area contributed by atoms with Gasteiger partial charge in [0.05, 0.1) is 0 Å². The predicted molar refractivity (Wildman–Crippen MR) is 66.0 cm³/mol. The second kappa shape index (κ2) is 3.59. The van der Waals surface area contributed by atoms with Crippen molar-refractivity contribution in [2.24, 2.45) is 0 Å². The molecule has 0 unspecified atom stereocenters. The fourth-order valence-electron chi connectivity index (χ4n) is 1.74. The highest BCUT2D eigenvalue weighted by Crippen LogP contribution is 2.16. The summed E-state index contributed by atoms with van der Waals surface area (Å²) >= 11 is 0. The summed E-state index contributed by atoms with van der Waals surface area (Å²) in [4.78, 5) is 15.6. The van der Waals surface area contributed by atoms with Crippen LogP contribution in [0.5, 0.6) is 0 Å². The topological polar surface area (TPSA) is 50.2 Å². The van der Waals surface area contributed by atoms with Gasteiger partial charge in [-0.05, 0) is 6.92 Å². The Bertz CT molecular complexity index is 722. The van der Waals surface area contributed by atoms with Crippen LogP contribution in [0.15, 0.2) is 47.4 Å². The van der Waals surface area contributed by atoms with Gasteiger partial charge >= 0.3 is 0 Å². The summed E-state index contributed by atoms with van der Waals surface area (Å²) in [6.45, 7) is 2.04. The lowest BCUT2D eigenvalue weighted by Gasteiger charge is -1.96. The van der Waals surface area contributed by atoms with Gasteiger partial charge in [-0.25, -0.2) is 9.50 Å². The van der Waals surface area contributed by atoms with Crippen LogP contribution in [0.4, 0.5) is 0 Å². The first-order valence-electron chi connectivity index (χ1n) is 5.38. The van der Waals surface area contributed by atoms with E-state index >= 15 is 0 Å². The number of nitrogens with zero attached hydrogens (tertiary/aromatic N) is 2. The highest BCUT2D eigenvalue weighted by atomic mass is 16.1. The van der Waals surface area contributed by atoms with Crippen molar-refractivity contribution in [3.05, 3.63) is 58.4 Å². The second-order valence-electron chi connectivity index (χ2n) is 4.03. The van der Waals surface area contributed by atoms with Crippen LogP contribution in [0.2, 0.25) is 0 Å².